The zero-order valence-electron chi connectivity index (χ0n) is 19.1. The highest BCUT2D eigenvalue weighted by molar-refractivity contribution is 6.30. The number of hydrogen-bond acceptors (Lipinski definition) is 3. The molecular weight excluding hydrogens is 476 g/mol. The molecule has 1 atom stereocenters. The molecule has 1 heterocycles. The summed E-state index contributed by atoms with van der Waals surface area (Å²) in [5, 5.41) is 9.37. The SMILES string of the molecule is C[C@@]1(Cc2ccc(Cl)c(F)c2)Cc2cc(C(=O)N(CCc3cccc(F)c3)CC(=O)O)ccc2O1. The summed E-state index contributed by atoms with van der Waals surface area (Å²) < 4.78 is 33.5. The minimum Gasteiger partial charge on any atom is -0.487 e. The van der Waals surface area contributed by atoms with Gasteiger partial charge in [0.1, 0.15) is 29.5 Å². The molecule has 8 heteroatoms. The third kappa shape index (κ3) is 5.98. The van der Waals surface area contributed by atoms with E-state index in [2.05, 4.69) is 0 Å². The molecule has 0 saturated carbocycles. The van der Waals surface area contributed by atoms with Gasteiger partial charge in [-0.2, -0.15) is 0 Å². The summed E-state index contributed by atoms with van der Waals surface area (Å²) in [6, 6.07) is 15.6. The number of rotatable bonds is 8. The molecular formula is C27H24ClF2NO4. The molecule has 182 valence electrons. The van der Waals surface area contributed by atoms with Gasteiger partial charge in [0.25, 0.3) is 5.91 Å². The van der Waals surface area contributed by atoms with Gasteiger partial charge in [-0.25, -0.2) is 8.78 Å². The number of benzene rings is 3. The van der Waals surface area contributed by atoms with E-state index in [1.807, 2.05) is 6.92 Å². The molecule has 3 aromatic rings. The van der Waals surface area contributed by atoms with Crippen molar-refractivity contribution in [2.45, 2.75) is 31.8 Å². The highest BCUT2D eigenvalue weighted by Crippen LogP contribution is 2.38. The number of nitrogens with zero attached hydrogens (tertiary/aromatic N) is 1. The quantitative estimate of drug-likeness (QED) is 0.455. The van der Waals surface area contributed by atoms with E-state index in [-0.39, 0.29) is 17.4 Å². The minimum absolute atomic E-state index is 0.0565. The maximum absolute atomic E-state index is 13.9. The third-order valence-corrected chi connectivity index (χ3v) is 6.27. The summed E-state index contributed by atoms with van der Waals surface area (Å²) in [5.74, 6) is -1.82. The van der Waals surface area contributed by atoms with Crippen molar-refractivity contribution in [1.82, 2.24) is 4.90 Å². The number of hydrogen-bond donors (Lipinski definition) is 1. The van der Waals surface area contributed by atoms with Gasteiger partial charge < -0.3 is 14.7 Å². The van der Waals surface area contributed by atoms with Crippen molar-refractivity contribution in [1.29, 1.82) is 0 Å². The fourth-order valence-corrected chi connectivity index (χ4v) is 4.51. The van der Waals surface area contributed by atoms with Crippen LogP contribution in [0.15, 0.2) is 60.7 Å². The zero-order valence-corrected chi connectivity index (χ0v) is 19.8. The molecule has 1 amide bonds. The first kappa shape index (κ1) is 24.7. The second-order valence-corrected chi connectivity index (χ2v) is 9.38. The van der Waals surface area contributed by atoms with Crippen LogP contribution in [-0.4, -0.2) is 40.6 Å². The van der Waals surface area contributed by atoms with Gasteiger partial charge in [0, 0.05) is 24.9 Å². The monoisotopic (exact) mass is 499 g/mol. The molecule has 0 radical (unpaired) electrons. The van der Waals surface area contributed by atoms with Crippen LogP contribution in [0.2, 0.25) is 5.02 Å². The number of carbonyl (C=O) groups is 2. The van der Waals surface area contributed by atoms with Gasteiger partial charge in [0.15, 0.2) is 0 Å². The van der Waals surface area contributed by atoms with E-state index in [4.69, 9.17) is 16.3 Å². The number of amides is 1. The van der Waals surface area contributed by atoms with Gasteiger partial charge in [-0.15, -0.1) is 0 Å². The predicted molar refractivity (Wildman–Crippen MR) is 128 cm³/mol. The van der Waals surface area contributed by atoms with Crippen LogP contribution in [0, 0.1) is 11.6 Å². The van der Waals surface area contributed by atoms with Gasteiger partial charge in [-0.3, -0.25) is 9.59 Å². The maximum Gasteiger partial charge on any atom is 0.323 e. The van der Waals surface area contributed by atoms with Gasteiger partial charge in [-0.1, -0.05) is 29.8 Å². The molecule has 35 heavy (non-hydrogen) atoms. The van der Waals surface area contributed by atoms with Crippen molar-refractivity contribution >= 4 is 23.5 Å². The minimum atomic E-state index is -1.13. The number of carboxylic acid groups (broad SMARTS) is 1. The van der Waals surface area contributed by atoms with Crippen LogP contribution >= 0.6 is 11.6 Å². The van der Waals surface area contributed by atoms with Crippen LogP contribution in [-0.2, 0) is 24.1 Å². The van der Waals surface area contributed by atoms with E-state index in [0.29, 0.717) is 36.1 Å². The number of aliphatic carboxylic acids is 1. The van der Waals surface area contributed by atoms with E-state index in [0.717, 1.165) is 11.1 Å². The Hall–Kier alpha value is -3.45. The Morgan fingerprint density at radius 1 is 1.09 bits per heavy atom. The van der Waals surface area contributed by atoms with Crippen LogP contribution in [0.4, 0.5) is 8.78 Å². The van der Waals surface area contributed by atoms with Crippen LogP contribution in [0.1, 0.15) is 34.0 Å². The fraction of sp³-hybridized carbons (Fsp3) is 0.259. The lowest BCUT2D eigenvalue weighted by molar-refractivity contribution is -0.137. The predicted octanol–water partition coefficient (Wildman–Crippen LogP) is 5.32. The lowest BCUT2D eigenvalue weighted by Crippen LogP contribution is -2.37. The van der Waals surface area contributed by atoms with E-state index in [1.54, 1.807) is 36.4 Å². The van der Waals surface area contributed by atoms with E-state index < -0.39 is 29.8 Å². The second-order valence-electron chi connectivity index (χ2n) is 8.98. The van der Waals surface area contributed by atoms with Gasteiger partial charge >= 0.3 is 5.97 Å². The van der Waals surface area contributed by atoms with Crippen LogP contribution in [0.25, 0.3) is 0 Å². The lowest BCUT2D eigenvalue weighted by atomic mass is 9.91. The second kappa shape index (κ2) is 10.0. The molecule has 3 aromatic carbocycles. The van der Waals surface area contributed by atoms with Crippen LogP contribution < -0.4 is 4.74 Å². The Morgan fingerprint density at radius 2 is 1.89 bits per heavy atom. The molecule has 1 aliphatic heterocycles. The average molecular weight is 500 g/mol. The molecule has 0 bridgehead atoms. The summed E-state index contributed by atoms with van der Waals surface area (Å²) in [5.41, 5.74) is 1.93. The average Bonchev–Trinajstić information content (AvgIpc) is 3.13. The Bertz CT molecular complexity index is 1280. The van der Waals surface area contributed by atoms with Crippen molar-refractivity contribution in [2.24, 2.45) is 0 Å². The number of carboxylic acids is 1. The Morgan fingerprint density at radius 3 is 2.60 bits per heavy atom. The van der Waals surface area contributed by atoms with Crippen molar-refractivity contribution in [3.8, 4) is 5.75 Å². The zero-order chi connectivity index (χ0) is 25.2. The lowest BCUT2D eigenvalue weighted by Gasteiger charge is -2.24. The summed E-state index contributed by atoms with van der Waals surface area (Å²) in [6.07, 6.45) is 1.26. The normalized spacial score (nSPS) is 16.5. The highest BCUT2D eigenvalue weighted by Gasteiger charge is 2.36. The maximum atomic E-state index is 13.9. The van der Waals surface area contributed by atoms with Gasteiger partial charge in [-0.05, 0) is 72.5 Å². The number of carbonyl (C=O) groups excluding carboxylic acids is 1. The number of fused-ring (bicyclic) bond motifs is 1. The number of ether oxygens (including phenoxy) is 1. The first-order valence-electron chi connectivity index (χ1n) is 11.1. The largest absolute Gasteiger partial charge is 0.487 e. The third-order valence-electron chi connectivity index (χ3n) is 5.96. The molecule has 5 nitrogen and oxygen atoms in total. The summed E-state index contributed by atoms with van der Waals surface area (Å²) >= 11 is 5.78. The first-order chi connectivity index (χ1) is 16.6. The molecule has 1 aliphatic rings. The summed E-state index contributed by atoms with van der Waals surface area (Å²) in [7, 11) is 0. The molecule has 0 aromatic heterocycles. The summed E-state index contributed by atoms with van der Waals surface area (Å²) in [6.45, 7) is 1.57. The van der Waals surface area contributed by atoms with E-state index >= 15 is 0 Å². The topological polar surface area (TPSA) is 66.8 Å². The van der Waals surface area contributed by atoms with E-state index in [1.165, 1.54) is 29.2 Å². The van der Waals surface area contributed by atoms with Gasteiger partial charge in [0.2, 0.25) is 0 Å². The smallest absolute Gasteiger partial charge is 0.323 e. The Labute approximate surface area is 206 Å². The van der Waals surface area contributed by atoms with Crippen LogP contribution in [0.3, 0.4) is 0 Å². The Balaban J connectivity index is 1.49. The van der Waals surface area contributed by atoms with Gasteiger partial charge in [0.05, 0.1) is 5.02 Å². The summed E-state index contributed by atoms with van der Waals surface area (Å²) in [4.78, 5) is 25.8. The molecule has 0 unspecified atom stereocenters. The Kier molecular flexibility index (Phi) is 7.08. The molecule has 0 fully saturated rings. The highest BCUT2D eigenvalue weighted by atomic mass is 35.5. The van der Waals surface area contributed by atoms with Crippen molar-refractivity contribution in [3.63, 3.8) is 0 Å². The molecule has 4 rings (SSSR count). The molecule has 1 N–H and O–H groups in total. The first-order valence-corrected chi connectivity index (χ1v) is 11.5. The number of halogens is 3. The standard InChI is InChI=1S/C27H24ClF2NO4/c1-27(14-18-5-7-22(28)23(30)12-18)15-20-13-19(6-8-24(20)35-27)26(34)31(16-25(32)33)10-9-17-3-2-4-21(29)11-17/h2-8,11-13H,9-10,14-16H2,1H3,(H,32,33)/t27-/m1/s1. The van der Waals surface area contributed by atoms with Crippen molar-refractivity contribution in [3.05, 3.63) is 99.6 Å². The molecule has 0 spiro atoms. The van der Waals surface area contributed by atoms with Crippen LogP contribution in [0.5, 0.6) is 5.75 Å². The van der Waals surface area contributed by atoms with E-state index in [9.17, 15) is 23.5 Å². The van der Waals surface area contributed by atoms with Crippen molar-refractivity contribution in [2.75, 3.05) is 13.1 Å². The molecule has 0 saturated heterocycles. The molecule has 0 aliphatic carbocycles. The van der Waals surface area contributed by atoms with Crippen molar-refractivity contribution < 1.29 is 28.2 Å². The fourth-order valence-electron chi connectivity index (χ4n) is 4.39.